The third kappa shape index (κ3) is 3.08. The second-order valence-corrected chi connectivity index (χ2v) is 4.44. The normalized spacial score (nSPS) is 10.3. The first-order valence-corrected chi connectivity index (χ1v) is 6.74. The van der Waals surface area contributed by atoms with Gasteiger partial charge in [0.1, 0.15) is 0 Å². The molecule has 0 aliphatic carbocycles. The molecule has 0 fully saturated rings. The van der Waals surface area contributed by atoms with E-state index >= 15 is 0 Å². The lowest BCUT2D eigenvalue weighted by molar-refractivity contribution is 0.217. The number of thiol groups is 1. The zero-order valence-corrected chi connectivity index (χ0v) is 12.2. The number of benzene rings is 1. The molecule has 0 unspecified atom stereocenters. The lowest BCUT2D eigenvalue weighted by Gasteiger charge is -2.19. The van der Waals surface area contributed by atoms with Crippen molar-refractivity contribution in [2.45, 2.75) is 19.0 Å². The van der Waals surface area contributed by atoms with Crippen molar-refractivity contribution in [1.82, 2.24) is 25.1 Å². The van der Waals surface area contributed by atoms with Gasteiger partial charge < -0.3 is 10.2 Å². The maximum Gasteiger partial charge on any atom is 0.321 e. The van der Waals surface area contributed by atoms with E-state index in [9.17, 15) is 4.79 Å². The molecule has 2 aromatic rings. The summed E-state index contributed by atoms with van der Waals surface area (Å²) in [5, 5.41) is 14.3. The maximum atomic E-state index is 12.0. The Morgan fingerprint density at radius 3 is 2.75 bits per heavy atom. The molecule has 0 saturated heterocycles. The number of nitrogens with one attached hydrogen (secondary N) is 1. The lowest BCUT2D eigenvalue weighted by Crippen LogP contribution is -2.34. The molecular formula is C12H16N6OS. The van der Waals surface area contributed by atoms with Gasteiger partial charge in [0.05, 0.1) is 5.69 Å². The Balaban J connectivity index is 2.19. The average Bonchev–Trinajstić information content (AvgIpc) is 2.86. The number of carbonyl (C=O) groups is 1. The smallest absolute Gasteiger partial charge is 0.321 e. The molecule has 1 aromatic heterocycles. The van der Waals surface area contributed by atoms with Crippen LogP contribution in [0.4, 0.5) is 10.5 Å². The fourth-order valence-corrected chi connectivity index (χ4v) is 1.97. The molecular weight excluding hydrogens is 276 g/mol. The summed E-state index contributed by atoms with van der Waals surface area (Å²) in [7, 11) is 0. The van der Waals surface area contributed by atoms with Gasteiger partial charge in [0, 0.05) is 18.8 Å². The highest BCUT2D eigenvalue weighted by molar-refractivity contribution is 7.80. The first kappa shape index (κ1) is 14.3. The van der Waals surface area contributed by atoms with E-state index in [4.69, 9.17) is 0 Å². The van der Waals surface area contributed by atoms with Crippen LogP contribution in [-0.2, 0) is 0 Å². The van der Waals surface area contributed by atoms with Crippen molar-refractivity contribution in [3.05, 3.63) is 24.3 Å². The third-order valence-corrected chi connectivity index (χ3v) is 3.12. The van der Waals surface area contributed by atoms with Crippen LogP contribution < -0.4 is 5.32 Å². The molecule has 2 rings (SSSR count). The Morgan fingerprint density at radius 2 is 2.15 bits per heavy atom. The van der Waals surface area contributed by atoms with Gasteiger partial charge in [-0.2, -0.15) is 4.68 Å². The van der Waals surface area contributed by atoms with Gasteiger partial charge in [0.2, 0.25) is 5.16 Å². The molecule has 1 heterocycles. The fourth-order valence-electron chi connectivity index (χ4n) is 1.78. The summed E-state index contributed by atoms with van der Waals surface area (Å²) < 4.78 is 1.48. The van der Waals surface area contributed by atoms with E-state index in [1.807, 2.05) is 32.0 Å². The number of urea groups is 1. The third-order valence-electron chi connectivity index (χ3n) is 2.85. The molecule has 0 radical (unpaired) electrons. The van der Waals surface area contributed by atoms with Crippen LogP contribution in [0, 0.1) is 0 Å². The van der Waals surface area contributed by atoms with Gasteiger partial charge in [-0.3, -0.25) is 0 Å². The standard InChI is InChI=1S/C12H16N6OS/c1-3-17(4-2)11(19)13-9-6-5-7-10(8-9)18-12(20)14-15-16-18/h5-8H,3-4H2,1-2H3,(H,13,19)(H,14,16,20). The fraction of sp³-hybridized carbons (Fsp3) is 0.333. The van der Waals surface area contributed by atoms with Crippen molar-refractivity contribution >= 4 is 24.3 Å². The molecule has 0 aliphatic rings. The quantitative estimate of drug-likeness (QED) is 0.843. The van der Waals surface area contributed by atoms with Crippen LogP contribution in [0.1, 0.15) is 13.8 Å². The van der Waals surface area contributed by atoms with Crippen molar-refractivity contribution in [2.75, 3.05) is 18.4 Å². The highest BCUT2D eigenvalue weighted by Gasteiger charge is 2.10. The first-order chi connectivity index (χ1) is 9.65. The highest BCUT2D eigenvalue weighted by Crippen LogP contribution is 2.16. The van der Waals surface area contributed by atoms with E-state index in [0.29, 0.717) is 23.9 Å². The van der Waals surface area contributed by atoms with Crippen LogP contribution in [-0.4, -0.2) is 44.2 Å². The van der Waals surface area contributed by atoms with E-state index in [1.165, 1.54) is 4.68 Å². The number of hydrogen-bond acceptors (Lipinski definition) is 5. The summed E-state index contributed by atoms with van der Waals surface area (Å²) in [5.74, 6) is 0. The molecule has 1 aromatic carbocycles. The minimum Gasteiger partial charge on any atom is -0.325 e. The van der Waals surface area contributed by atoms with E-state index in [0.717, 1.165) is 5.69 Å². The molecule has 2 amide bonds. The number of nitrogens with zero attached hydrogens (tertiary/aromatic N) is 5. The Bertz CT molecular complexity index is 595. The van der Waals surface area contributed by atoms with Crippen LogP contribution >= 0.6 is 12.6 Å². The highest BCUT2D eigenvalue weighted by atomic mass is 32.1. The van der Waals surface area contributed by atoms with Crippen LogP contribution in [0.15, 0.2) is 29.4 Å². The van der Waals surface area contributed by atoms with Crippen molar-refractivity contribution < 1.29 is 4.79 Å². The van der Waals surface area contributed by atoms with Crippen LogP contribution in [0.2, 0.25) is 0 Å². The SMILES string of the molecule is CCN(CC)C(=O)Nc1cccc(-n2nnnc2S)c1. The van der Waals surface area contributed by atoms with Crippen LogP contribution in [0.3, 0.4) is 0 Å². The Hall–Kier alpha value is -2.09. The molecule has 1 N–H and O–H groups in total. The van der Waals surface area contributed by atoms with Crippen molar-refractivity contribution in [3.8, 4) is 5.69 Å². The first-order valence-electron chi connectivity index (χ1n) is 6.29. The zero-order chi connectivity index (χ0) is 14.5. The molecule has 0 bridgehead atoms. The molecule has 8 heteroatoms. The van der Waals surface area contributed by atoms with E-state index in [-0.39, 0.29) is 6.03 Å². The number of hydrogen-bond donors (Lipinski definition) is 2. The topological polar surface area (TPSA) is 75.9 Å². The number of aromatic nitrogens is 4. The summed E-state index contributed by atoms with van der Waals surface area (Å²) in [5.41, 5.74) is 1.42. The van der Waals surface area contributed by atoms with Crippen LogP contribution in [0.25, 0.3) is 5.69 Å². The monoisotopic (exact) mass is 292 g/mol. The summed E-state index contributed by atoms with van der Waals surface area (Å²) in [4.78, 5) is 13.7. The predicted octanol–water partition coefficient (Wildman–Crippen LogP) is 1.82. The Labute approximate surface area is 122 Å². The summed E-state index contributed by atoms with van der Waals surface area (Å²) in [6.07, 6.45) is 0. The molecule has 0 saturated carbocycles. The van der Waals surface area contributed by atoms with Crippen LogP contribution in [0.5, 0.6) is 0 Å². The number of carbonyl (C=O) groups excluding carboxylic acids is 1. The van der Waals surface area contributed by atoms with E-state index < -0.39 is 0 Å². The molecule has 0 spiro atoms. The molecule has 0 aliphatic heterocycles. The van der Waals surface area contributed by atoms with Gasteiger partial charge in [-0.25, -0.2) is 4.79 Å². The minimum absolute atomic E-state index is 0.130. The Kier molecular flexibility index (Phi) is 4.57. The molecule has 0 atom stereocenters. The van der Waals surface area contributed by atoms with E-state index in [2.05, 4.69) is 33.5 Å². The summed E-state index contributed by atoms with van der Waals surface area (Å²) in [6, 6.07) is 7.13. The average molecular weight is 292 g/mol. The summed E-state index contributed by atoms with van der Waals surface area (Å²) in [6.45, 7) is 5.20. The second-order valence-electron chi connectivity index (χ2n) is 4.04. The van der Waals surface area contributed by atoms with Gasteiger partial charge in [-0.15, -0.1) is 17.7 Å². The number of rotatable bonds is 4. The van der Waals surface area contributed by atoms with Gasteiger partial charge in [0.15, 0.2) is 0 Å². The number of amides is 2. The lowest BCUT2D eigenvalue weighted by atomic mass is 10.3. The minimum atomic E-state index is -0.130. The van der Waals surface area contributed by atoms with Crippen molar-refractivity contribution in [1.29, 1.82) is 0 Å². The molecule has 7 nitrogen and oxygen atoms in total. The van der Waals surface area contributed by atoms with Gasteiger partial charge in [-0.05, 0) is 42.5 Å². The number of anilines is 1. The number of tetrazole rings is 1. The summed E-state index contributed by atoms with van der Waals surface area (Å²) >= 11 is 4.16. The van der Waals surface area contributed by atoms with Gasteiger partial charge in [0.25, 0.3) is 0 Å². The second kappa shape index (κ2) is 6.38. The maximum absolute atomic E-state index is 12.0. The van der Waals surface area contributed by atoms with Crippen molar-refractivity contribution in [3.63, 3.8) is 0 Å². The van der Waals surface area contributed by atoms with Gasteiger partial charge >= 0.3 is 6.03 Å². The van der Waals surface area contributed by atoms with E-state index in [1.54, 1.807) is 11.0 Å². The molecule has 20 heavy (non-hydrogen) atoms. The Morgan fingerprint density at radius 1 is 1.40 bits per heavy atom. The predicted molar refractivity (Wildman–Crippen MR) is 78.3 cm³/mol. The molecule has 106 valence electrons. The van der Waals surface area contributed by atoms with Gasteiger partial charge in [-0.1, -0.05) is 6.07 Å². The zero-order valence-electron chi connectivity index (χ0n) is 11.3. The van der Waals surface area contributed by atoms with Crippen molar-refractivity contribution in [2.24, 2.45) is 0 Å². The largest absolute Gasteiger partial charge is 0.325 e.